The van der Waals surface area contributed by atoms with E-state index in [0.717, 1.165) is 11.8 Å². The molecule has 74 valence electrons. The Morgan fingerprint density at radius 1 is 1.31 bits per heavy atom. The van der Waals surface area contributed by atoms with Crippen molar-refractivity contribution < 1.29 is 0 Å². The van der Waals surface area contributed by atoms with Gasteiger partial charge in [-0.15, -0.1) is 0 Å². The Hall–Kier alpha value is -0.260. The predicted molar refractivity (Wildman–Crippen MR) is 57.7 cm³/mol. The van der Waals surface area contributed by atoms with E-state index in [2.05, 4.69) is 13.0 Å². The summed E-state index contributed by atoms with van der Waals surface area (Å²) < 4.78 is 0. The Morgan fingerprint density at radius 3 is 2.85 bits per heavy atom. The summed E-state index contributed by atoms with van der Waals surface area (Å²) in [5.41, 5.74) is 1.76. The van der Waals surface area contributed by atoms with E-state index in [9.17, 15) is 0 Å². The topological polar surface area (TPSA) is 0 Å². The van der Waals surface area contributed by atoms with Gasteiger partial charge in [-0.2, -0.15) is 0 Å². The second kappa shape index (κ2) is 4.30. The van der Waals surface area contributed by atoms with Gasteiger partial charge in [0, 0.05) is 0 Å². The van der Waals surface area contributed by atoms with Crippen LogP contribution < -0.4 is 0 Å². The zero-order valence-electron chi connectivity index (χ0n) is 8.89. The van der Waals surface area contributed by atoms with E-state index in [0.29, 0.717) is 0 Å². The van der Waals surface area contributed by atoms with Crippen molar-refractivity contribution in [3.63, 3.8) is 0 Å². The molecular weight excluding hydrogens is 156 g/mol. The average molecular weight is 178 g/mol. The maximum Gasteiger partial charge on any atom is -0.0294 e. The molecule has 0 bridgehead atoms. The van der Waals surface area contributed by atoms with Gasteiger partial charge in [0.1, 0.15) is 0 Å². The van der Waals surface area contributed by atoms with E-state index >= 15 is 0 Å². The number of hydrogen-bond acceptors (Lipinski definition) is 0. The third kappa shape index (κ3) is 3.17. The molecule has 0 spiro atoms. The standard InChI is InChI=1S/C13H22/c1-11-4-2-6-13(10-11)7-3-5-12-8-9-12/h7,11-12H,2-6,8-10H2,1H3/b13-7-. The number of allylic oxidation sites excluding steroid dienone is 2. The molecule has 2 saturated carbocycles. The molecule has 0 aliphatic heterocycles. The van der Waals surface area contributed by atoms with Crippen LogP contribution in [0.4, 0.5) is 0 Å². The summed E-state index contributed by atoms with van der Waals surface area (Å²) in [6, 6.07) is 0. The van der Waals surface area contributed by atoms with Gasteiger partial charge in [-0.3, -0.25) is 0 Å². The smallest absolute Gasteiger partial charge is 0.0294 e. The molecule has 2 aliphatic carbocycles. The molecule has 0 nitrogen and oxygen atoms in total. The van der Waals surface area contributed by atoms with Crippen LogP contribution in [0.15, 0.2) is 11.6 Å². The molecule has 2 aliphatic rings. The van der Waals surface area contributed by atoms with E-state index in [1.807, 2.05) is 0 Å². The molecule has 1 unspecified atom stereocenters. The van der Waals surface area contributed by atoms with E-state index in [1.165, 1.54) is 51.4 Å². The number of rotatable bonds is 3. The normalized spacial score (nSPS) is 32.4. The van der Waals surface area contributed by atoms with Crippen LogP contribution >= 0.6 is 0 Å². The molecule has 2 fully saturated rings. The Morgan fingerprint density at radius 2 is 2.15 bits per heavy atom. The minimum Gasteiger partial charge on any atom is -0.0853 e. The van der Waals surface area contributed by atoms with Gasteiger partial charge in [0.15, 0.2) is 0 Å². The predicted octanol–water partition coefficient (Wildman–Crippen LogP) is 4.31. The van der Waals surface area contributed by atoms with Crippen molar-refractivity contribution >= 4 is 0 Å². The Bertz CT molecular complexity index is 186. The van der Waals surface area contributed by atoms with Gasteiger partial charge in [0.2, 0.25) is 0 Å². The fraction of sp³-hybridized carbons (Fsp3) is 0.846. The summed E-state index contributed by atoms with van der Waals surface area (Å²) in [4.78, 5) is 0. The fourth-order valence-electron chi connectivity index (χ4n) is 2.44. The van der Waals surface area contributed by atoms with Crippen molar-refractivity contribution in [2.24, 2.45) is 11.8 Å². The van der Waals surface area contributed by atoms with Crippen LogP contribution in [0.2, 0.25) is 0 Å². The van der Waals surface area contributed by atoms with Crippen LogP contribution in [0, 0.1) is 11.8 Å². The van der Waals surface area contributed by atoms with Crippen LogP contribution in [-0.4, -0.2) is 0 Å². The van der Waals surface area contributed by atoms with E-state index in [1.54, 1.807) is 5.57 Å². The lowest BCUT2D eigenvalue weighted by Gasteiger charge is -2.20. The van der Waals surface area contributed by atoms with Gasteiger partial charge in [-0.25, -0.2) is 0 Å². The SMILES string of the molecule is CC1CCC/C(=C/CCC2CC2)C1. The minimum absolute atomic E-state index is 0.959. The van der Waals surface area contributed by atoms with Crippen molar-refractivity contribution in [1.82, 2.24) is 0 Å². The summed E-state index contributed by atoms with van der Waals surface area (Å²) in [7, 11) is 0. The van der Waals surface area contributed by atoms with Gasteiger partial charge in [-0.05, 0) is 43.9 Å². The maximum atomic E-state index is 2.55. The Kier molecular flexibility index (Phi) is 3.08. The summed E-state index contributed by atoms with van der Waals surface area (Å²) >= 11 is 0. The first-order valence-electron chi connectivity index (χ1n) is 6.02. The second-order valence-corrected chi connectivity index (χ2v) is 5.08. The molecule has 13 heavy (non-hydrogen) atoms. The van der Waals surface area contributed by atoms with Crippen molar-refractivity contribution in [3.05, 3.63) is 11.6 Å². The minimum atomic E-state index is 0.959. The molecule has 0 N–H and O–H groups in total. The summed E-state index contributed by atoms with van der Waals surface area (Å²) in [5, 5.41) is 0. The molecule has 2 rings (SSSR count). The quantitative estimate of drug-likeness (QED) is 0.565. The number of hydrogen-bond donors (Lipinski definition) is 0. The molecule has 0 saturated heterocycles. The lowest BCUT2D eigenvalue weighted by molar-refractivity contribution is 0.451. The Balaban J connectivity index is 1.70. The monoisotopic (exact) mass is 178 g/mol. The molecule has 1 atom stereocenters. The molecular formula is C13H22. The third-order valence-corrected chi connectivity index (χ3v) is 3.51. The molecule has 0 aromatic carbocycles. The van der Waals surface area contributed by atoms with Crippen LogP contribution in [0.25, 0.3) is 0 Å². The summed E-state index contributed by atoms with van der Waals surface area (Å²) in [6.07, 6.45) is 14.1. The third-order valence-electron chi connectivity index (χ3n) is 3.51. The first-order valence-corrected chi connectivity index (χ1v) is 6.02. The highest BCUT2D eigenvalue weighted by atomic mass is 14.3. The first kappa shape index (κ1) is 9.30. The maximum absolute atomic E-state index is 2.55. The van der Waals surface area contributed by atoms with Crippen molar-refractivity contribution in [1.29, 1.82) is 0 Å². The summed E-state index contributed by atoms with van der Waals surface area (Å²) in [5.74, 6) is 2.07. The van der Waals surface area contributed by atoms with E-state index in [4.69, 9.17) is 0 Å². The fourth-order valence-corrected chi connectivity index (χ4v) is 2.44. The van der Waals surface area contributed by atoms with Crippen LogP contribution in [0.3, 0.4) is 0 Å². The lowest BCUT2D eigenvalue weighted by Crippen LogP contribution is -2.04. The van der Waals surface area contributed by atoms with Crippen LogP contribution in [0.5, 0.6) is 0 Å². The van der Waals surface area contributed by atoms with Gasteiger partial charge in [0.05, 0.1) is 0 Å². The van der Waals surface area contributed by atoms with Crippen molar-refractivity contribution in [2.75, 3.05) is 0 Å². The first-order chi connectivity index (χ1) is 6.34. The van der Waals surface area contributed by atoms with Crippen molar-refractivity contribution in [3.8, 4) is 0 Å². The highest BCUT2D eigenvalue weighted by Crippen LogP contribution is 2.34. The van der Waals surface area contributed by atoms with Crippen LogP contribution in [0.1, 0.15) is 58.3 Å². The van der Waals surface area contributed by atoms with Gasteiger partial charge in [-0.1, -0.05) is 37.8 Å². The zero-order chi connectivity index (χ0) is 9.10. The molecule has 0 aromatic rings. The van der Waals surface area contributed by atoms with Crippen LogP contribution in [-0.2, 0) is 0 Å². The summed E-state index contributed by atoms with van der Waals surface area (Å²) in [6.45, 7) is 2.40. The average Bonchev–Trinajstić information content (AvgIpc) is 2.88. The lowest BCUT2D eigenvalue weighted by atomic mass is 9.86. The molecule has 0 heteroatoms. The van der Waals surface area contributed by atoms with E-state index in [-0.39, 0.29) is 0 Å². The largest absolute Gasteiger partial charge is 0.0853 e. The van der Waals surface area contributed by atoms with Crippen molar-refractivity contribution in [2.45, 2.75) is 58.3 Å². The van der Waals surface area contributed by atoms with Gasteiger partial charge >= 0.3 is 0 Å². The van der Waals surface area contributed by atoms with Gasteiger partial charge < -0.3 is 0 Å². The molecule has 0 amide bonds. The highest BCUT2D eigenvalue weighted by molar-refractivity contribution is 5.05. The van der Waals surface area contributed by atoms with E-state index < -0.39 is 0 Å². The molecule has 0 aromatic heterocycles. The molecule has 0 radical (unpaired) electrons. The second-order valence-electron chi connectivity index (χ2n) is 5.08. The zero-order valence-corrected chi connectivity index (χ0v) is 8.89. The Labute approximate surface area is 82.4 Å². The highest BCUT2D eigenvalue weighted by Gasteiger charge is 2.20. The van der Waals surface area contributed by atoms with Gasteiger partial charge in [0.25, 0.3) is 0 Å². The molecule has 0 heterocycles.